The van der Waals surface area contributed by atoms with Crippen LogP contribution in [-0.2, 0) is 0 Å². The first-order chi connectivity index (χ1) is 9.69. The van der Waals surface area contributed by atoms with E-state index in [1.165, 1.54) is 0 Å². The molecule has 1 N–H and O–H groups in total. The number of hydrogen-bond acceptors (Lipinski definition) is 5. The lowest BCUT2D eigenvalue weighted by Gasteiger charge is -2.03. The number of aromatic nitrogens is 2. The number of hydrogen-bond donors (Lipinski definition) is 1. The van der Waals surface area contributed by atoms with Crippen LogP contribution >= 0.6 is 0 Å². The fourth-order valence-corrected chi connectivity index (χ4v) is 1.98. The molecule has 0 saturated carbocycles. The molecule has 20 heavy (non-hydrogen) atoms. The highest BCUT2D eigenvalue weighted by Crippen LogP contribution is 2.27. The molecule has 2 heterocycles. The van der Waals surface area contributed by atoms with Gasteiger partial charge in [-0.3, -0.25) is 4.98 Å². The van der Waals surface area contributed by atoms with Crippen molar-refractivity contribution in [2.24, 2.45) is 0 Å². The highest BCUT2D eigenvalue weighted by atomic mass is 16.4. The van der Waals surface area contributed by atoms with Gasteiger partial charge in [-0.15, -0.1) is 0 Å². The minimum atomic E-state index is 0.409. The van der Waals surface area contributed by atoms with Crippen molar-refractivity contribution in [3.63, 3.8) is 0 Å². The molecule has 0 radical (unpaired) electrons. The number of benzene rings is 1. The van der Waals surface area contributed by atoms with E-state index in [0.717, 1.165) is 22.4 Å². The lowest BCUT2D eigenvalue weighted by Crippen LogP contribution is -1.96. The number of fused-ring (bicyclic) bond motifs is 1. The minimum absolute atomic E-state index is 0.409. The summed E-state index contributed by atoms with van der Waals surface area (Å²) in [4.78, 5) is 8.75. The molecule has 0 amide bonds. The van der Waals surface area contributed by atoms with E-state index in [-0.39, 0.29) is 0 Å². The van der Waals surface area contributed by atoms with Crippen LogP contribution in [0.3, 0.4) is 0 Å². The predicted molar refractivity (Wildman–Crippen MR) is 75.7 cm³/mol. The Hall–Kier alpha value is -2.87. The molecule has 0 aliphatic heterocycles. The number of nitrogens with zero attached hydrogens (tertiary/aromatic N) is 3. The molecule has 2 aromatic heterocycles. The number of para-hydroxylation sites is 2. The van der Waals surface area contributed by atoms with Crippen molar-refractivity contribution in [2.45, 2.75) is 13.8 Å². The number of nitrogens with one attached hydrogen (secondary N) is 1. The van der Waals surface area contributed by atoms with Gasteiger partial charge in [0, 0.05) is 5.56 Å². The number of rotatable bonds is 2. The summed E-state index contributed by atoms with van der Waals surface area (Å²) >= 11 is 0. The topological polar surface area (TPSA) is 74.7 Å². The number of nitriles is 1. The molecular formula is C15H12N4O. The second-order valence-electron chi connectivity index (χ2n) is 4.47. The van der Waals surface area contributed by atoms with Gasteiger partial charge in [-0.1, -0.05) is 12.1 Å². The van der Waals surface area contributed by atoms with Gasteiger partial charge >= 0.3 is 0 Å². The van der Waals surface area contributed by atoms with Crippen LogP contribution < -0.4 is 5.32 Å². The molecule has 0 atom stereocenters. The van der Waals surface area contributed by atoms with E-state index < -0.39 is 0 Å². The van der Waals surface area contributed by atoms with Gasteiger partial charge in [-0.25, -0.2) is 4.98 Å². The SMILES string of the molecule is Cc1oc(Nc2cnc3ccccc3n2)c(C#N)c1C. The Morgan fingerprint density at radius 1 is 1.20 bits per heavy atom. The van der Waals surface area contributed by atoms with Crippen LogP contribution in [0.4, 0.5) is 11.7 Å². The third-order valence-corrected chi connectivity index (χ3v) is 3.19. The highest BCUT2D eigenvalue weighted by Gasteiger charge is 2.15. The molecule has 5 nitrogen and oxygen atoms in total. The Balaban J connectivity index is 2.01. The molecule has 5 heteroatoms. The molecule has 0 aliphatic carbocycles. The van der Waals surface area contributed by atoms with Gasteiger partial charge in [-0.2, -0.15) is 5.26 Å². The quantitative estimate of drug-likeness (QED) is 0.767. The maximum absolute atomic E-state index is 9.18. The normalized spacial score (nSPS) is 10.4. The zero-order valence-electron chi connectivity index (χ0n) is 11.1. The van der Waals surface area contributed by atoms with E-state index in [0.29, 0.717) is 17.3 Å². The van der Waals surface area contributed by atoms with Crippen LogP contribution in [0.15, 0.2) is 34.9 Å². The van der Waals surface area contributed by atoms with Crippen molar-refractivity contribution in [3.05, 3.63) is 47.3 Å². The lowest BCUT2D eigenvalue weighted by molar-refractivity contribution is 0.548. The lowest BCUT2D eigenvalue weighted by atomic mass is 10.2. The first-order valence-electron chi connectivity index (χ1n) is 6.18. The molecule has 1 aromatic carbocycles. The van der Waals surface area contributed by atoms with E-state index in [1.54, 1.807) is 6.20 Å². The van der Waals surface area contributed by atoms with E-state index in [1.807, 2.05) is 38.1 Å². The second kappa shape index (κ2) is 4.67. The summed E-state index contributed by atoms with van der Waals surface area (Å²) in [5.41, 5.74) is 2.95. The number of aryl methyl sites for hydroxylation is 1. The maximum atomic E-state index is 9.18. The largest absolute Gasteiger partial charge is 0.444 e. The van der Waals surface area contributed by atoms with Crippen LogP contribution in [-0.4, -0.2) is 9.97 Å². The predicted octanol–water partition coefficient (Wildman–Crippen LogP) is 3.45. The van der Waals surface area contributed by atoms with Gasteiger partial charge in [0.1, 0.15) is 17.4 Å². The van der Waals surface area contributed by atoms with Crippen LogP contribution in [0, 0.1) is 25.2 Å². The average Bonchev–Trinajstić information content (AvgIpc) is 2.73. The van der Waals surface area contributed by atoms with Crippen molar-refractivity contribution in [1.29, 1.82) is 5.26 Å². The minimum Gasteiger partial charge on any atom is -0.444 e. The Morgan fingerprint density at radius 3 is 2.70 bits per heavy atom. The second-order valence-corrected chi connectivity index (χ2v) is 4.47. The summed E-state index contributed by atoms with van der Waals surface area (Å²) in [7, 11) is 0. The summed E-state index contributed by atoms with van der Waals surface area (Å²) in [6.07, 6.45) is 1.62. The van der Waals surface area contributed by atoms with Gasteiger partial charge in [0.25, 0.3) is 0 Å². The molecular weight excluding hydrogens is 252 g/mol. The Bertz CT molecular complexity index is 829. The van der Waals surface area contributed by atoms with Gasteiger partial charge in [0.15, 0.2) is 5.82 Å². The number of anilines is 2. The van der Waals surface area contributed by atoms with E-state index >= 15 is 0 Å². The van der Waals surface area contributed by atoms with Gasteiger partial charge in [0.05, 0.1) is 17.2 Å². The molecule has 0 bridgehead atoms. The van der Waals surface area contributed by atoms with E-state index in [9.17, 15) is 5.26 Å². The fraction of sp³-hybridized carbons (Fsp3) is 0.133. The summed E-state index contributed by atoms with van der Waals surface area (Å²) in [6.45, 7) is 3.68. The number of furan rings is 1. The molecule has 3 rings (SSSR count). The fourth-order valence-electron chi connectivity index (χ4n) is 1.98. The summed E-state index contributed by atoms with van der Waals surface area (Å²) in [5, 5.41) is 12.2. The van der Waals surface area contributed by atoms with Crippen molar-refractivity contribution in [3.8, 4) is 6.07 Å². The average molecular weight is 264 g/mol. The molecule has 98 valence electrons. The summed E-state index contributed by atoms with van der Waals surface area (Å²) in [6, 6.07) is 9.74. The van der Waals surface area contributed by atoms with Crippen molar-refractivity contribution in [1.82, 2.24) is 9.97 Å². The Labute approximate surface area is 115 Å². The van der Waals surface area contributed by atoms with Crippen LogP contribution in [0.25, 0.3) is 11.0 Å². The molecule has 0 spiro atoms. The Kier molecular flexibility index (Phi) is 2.84. The van der Waals surface area contributed by atoms with Crippen LogP contribution in [0.2, 0.25) is 0 Å². The molecule has 0 unspecified atom stereocenters. The van der Waals surface area contributed by atoms with E-state index in [2.05, 4.69) is 21.4 Å². The van der Waals surface area contributed by atoms with Gasteiger partial charge < -0.3 is 9.73 Å². The molecule has 3 aromatic rings. The summed E-state index contributed by atoms with van der Waals surface area (Å²) < 4.78 is 5.55. The van der Waals surface area contributed by atoms with Crippen molar-refractivity contribution < 1.29 is 4.42 Å². The smallest absolute Gasteiger partial charge is 0.216 e. The molecule has 0 fully saturated rings. The maximum Gasteiger partial charge on any atom is 0.216 e. The first kappa shape index (κ1) is 12.2. The Morgan fingerprint density at radius 2 is 1.95 bits per heavy atom. The van der Waals surface area contributed by atoms with Crippen molar-refractivity contribution >= 4 is 22.7 Å². The van der Waals surface area contributed by atoms with Gasteiger partial charge in [0.2, 0.25) is 5.88 Å². The van der Waals surface area contributed by atoms with Crippen LogP contribution in [0.1, 0.15) is 16.9 Å². The van der Waals surface area contributed by atoms with Gasteiger partial charge in [-0.05, 0) is 26.0 Å². The third-order valence-electron chi connectivity index (χ3n) is 3.19. The molecule has 0 saturated heterocycles. The summed E-state index contributed by atoms with van der Waals surface area (Å²) in [5.74, 6) is 1.68. The monoisotopic (exact) mass is 264 g/mol. The van der Waals surface area contributed by atoms with Crippen molar-refractivity contribution in [2.75, 3.05) is 5.32 Å². The zero-order chi connectivity index (χ0) is 14.1. The zero-order valence-corrected chi connectivity index (χ0v) is 11.1. The third kappa shape index (κ3) is 1.97. The van der Waals surface area contributed by atoms with E-state index in [4.69, 9.17) is 4.42 Å². The first-order valence-corrected chi connectivity index (χ1v) is 6.18. The standard InChI is InChI=1S/C15H12N4O/c1-9-10(2)20-15(11(9)7-16)19-14-8-17-12-5-3-4-6-13(12)18-14/h3-6,8H,1-2H3,(H,18,19). The van der Waals surface area contributed by atoms with Crippen LogP contribution in [0.5, 0.6) is 0 Å². The highest BCUT2D eigenvalue weighted by molar-refractivity contribution is 5.76. The molecule has 0 aliphatic rings.